The van der Waals surface area contributed by atoms with Gasteiger partial charge >= 0.3 is 0 Å². The molecule has 7 heteroatoms. The van der Waals surface area contributed by atoms with E-state index < -0.39 is 11.9 Å². The molecule has 0 aliphatic carbocycles. The van der Waals surface area contributed by atoms with Crippen molar-refractivity contribution < 1.29 is 9.59 Å². The van der Waals surface area contributed by atoms with E-state index in [0.29, 0.717) is 0 Å². The minimum absolute atomic E-state index is 0.171. The molecule has 3 N–H and O–H groups in total. The van der Waals surface area contributed by atoms with Gasteiger partial charge in [0, 0.05) is 16.6 Å². The molecule has 0 bridgehead atoms. The molecule has 0 saturated heterocycles. The molecular weight excluding hydrogens is 396 g/mol. The third-order valence-electron chi connectivity index (χ3n) is 4.26. The van der Waals surface area contributed by atoms with E-state index in [1.54, 1.807) is 0 Å². The number of rotatable bonds is 4. The molecule has 2 aromatic rings. The summed E-state index contributed by atoms with van der Waals surface area (Å²) in [6.45, 7) is 3.85. The maximum Gasteiger partial charge on any atom is 0.271 e. The number of hydrogen-bond donors (Lipinski definition) is 2. The number of hydrazone groups is 1. The summed E-state index contributed by atoms with van der Waals surface area (Å²) in [5.74, 6) is -0.848. The molecular formula is C19H19BrN4O2. The maximum atomic E-state index is 12.7. The summed E-state index contributed by atoms with van der Waals surface area (Å²) in [5.41, 5.74) is 9.13. The van der Waals surface area contributed by atoms with Gasteiger partial charge in [-0.3, -0.25) is 14.6 Å². The number of nitrogens with zero attached hydrogens (tertiary/aromatic N) is 2. The second-order valence-electron chi connectivity index (χ2n) is 6.22. The number of nitrogens with one attached hydrogen (secondary N) is 1. The minimum atomic E-state index is -0.676. The van der Waals surface area contributed by atoms with Crippen molar-refractivity contribution in [3.8, 4) is 0 Å². The van der Waals surface area contributed by atoms with Gasteiger partial charge in [0.2, 0.25) is 5.91 Å². The van der Waals surface area contributed by atoms with E-state index in [1.165, 1.54) is 5.01 Å². The number of halogens is 1. The molecule has 2 aromatic carbocycles. The van der Waals surface area contributed by atoms with Gasteiger partial charge in [0.15, 0.2) is 0 Å². The topological polar surface area (TPSA) is 87.8 Å². The Morgan fingerprint density at radius 2 is 1.81 bits per heavy atom. The first-order valence-corrected chi connectivity index (χ1v) is 8.95. The molecule has 1 aliphatic rings. The van der Waals surface area contributed by atoms with Crippen LogP contribution in [0.3, 0.4) is 0 Å². The number of nitrogens with two attached hydrogens (primary N) is 1. The predicted octanol–water partition coefficient (Wildman–Crippen LogP) is 3.12. The molecule has 1 unspecified atom stereocenters. The fourth-order valence-electron chi connectivity index (χ4n) is 2.98. The van der Waals surface area contributed by atoms with Crippen molar-refractivity contribution in [2.45, 2.75) is 26.3 Å². The summed E-state index contributed by atoms with van der Waals surface area (Å²) >= 11 is 3.44. The van der Waals surface area contributed by atoms with Crippen molar-refractivity contribution in [3.63, 3.8) is 0 Å². The quantitative estimate of drug-likeness (QED) is 0.805. The average molecular weight is 415 g/mol. The zero-order valence-electron chi connectivity index (χ0n) is 14.5. The summed E-state index contributed by atoms with van der Waals surface area (Å²) in [6.07, 6.45) is 0.171. The van der Waals surface area contributed by atoms with Crippen LogP contribution in [0, 0.1) is 13.8 Å². The Morgan fingerprint density at radius 1 is 1.19 bits per heavy atom. The molecule has 2 amide bonds. The van der Waals surface area contributed by atoms with E-state index >= 15 is 0 Å². The van der Waals surface area contributed by atoms with Crippen molar-refractivity contribution in [2.24, 2.45) is 10.8 Å². The van der Waals surface area contributed by atoms with Crippen molar-refractivity contribution in [2.75, 3.05) is 10.3 Å². The summed E-state index contributed by atoms with van der Waals surface area (Å²) in [5, 5.41) is 8.78. The van der Waals surface area contributed by atoms with Gasteiger partial charge in [-0.1, -0.05) is 34.1 Å². The van der Waals surface area contributed by atoms with E-state index in [2.05, 4.69) is 26.3 Å². The number of benzene rings is 2. The van der Waals surface area contributed by atoms with Crippen molar-refractivity contribution in [3.05, 3.63) is 58.1 Å². The van der Waals surface area contributed by atoms with Gasteiger partial charge in [0.1, 0.15) is 11.8 Å². The lowest BCUT2D eigenvalue weighted by molar-refractivity contribution is -0.119. The van der Waals surface area contributed by atoms with Crippen molar-refractivity contribution in [1.82, 2.24) is 0 Å². The highest BCUT2D eigenvalue weighted by Crippen LogP contribution is 2.27. The van der Waals surface area contributed by atoms with E-state index in [4.69, 9.17) is 5.73 Å². The third kappa shape index (κ3) is 3.62. The number of anilines is 2. The Labute approximate surface area is 160 Å². The fraction of sp³-hybridized carbons (Fsp3) is 0.211. The first kappa shape index (κ1) is 18.1. The van der Waals surface area contributed by atoms with Gasteiger partial charge in [-0.2, -0.15) is 5.10 Å². The minimum Gasteiger partial charge on any atom is -0.368 e. The molecule has 1 heterocycles. The Balaban J connectivity index is 1.87. The second-order valence-corrected chi connectivity index (χ2v) is 7.13. The summed E-state index contributed by atoms with van der Waals surface area (Å²) in [6, 6.07) is 12.4. The van der Waals surface area contributed by atoms with Crippen LogP contribution in [0.4, 0.5) is 11.4 Å². The van der Waals surface area contributed by atoms with Crippen LogP contribution in [0.15, 0.2) is 52.0 Å². The molecule has 0 aromatic heterocycles. The Kier molecular flexibility index (Phi) is 5.08. The van der Waals surface area contributed by atoms with Crippen LogP contribution in [0.2, 0.25) is 0 Å². The smallest absolute Gasteiger partial charge is 0.271 e. The number of primary amides is 1. The first-order valence-electron chi connectivity index (χ1n) is 8.16. The lowest BCUT2D eigenvalue weighted by Gasteiger charge is -2.20. The van der Waals surface area contributed by atoms with E-state index in [9.17, 15) is 9.59 Å². The predicted molar refractivity (Wildman–Crippen MR) is 106 cm³/mol. The van der Waals surface area contributed by atoms with Crippen LogP contribution in [-0.2, 0) is 9.59 Å². The summed E-state index contributed by atoms with van der Waals surface area (Å²) < 4.78 is 0.952. The number of carbonyl (C=O) groups is 2. The van der Waals surface area contributed by atoms with E-state index in [-0.39, 0.29) is 18.0 Å². The standard InChI is InChI=1S/C19H19BrN4O2/c1-11-8-13(20)9-12(2)17(11)22-19(26)15-10-16(18(21)25)24(23-15)14-6-4-3-5-7-14/h3-9,16H,10H2,1-2H3,(H2,21,25)(H,22,26). The third-order valence-corrected chi connectivity index (χ3v) is 4.72. The summed E-state index contributed by atoms with van der Waals surface area (Å²) in [7, 11) is 0. The van der Waals surface area contributed by atoms with Crippen LogP contribution < -0.4 is 16.1 Å². The van der Waals surface area contributed by atoms with Gasteiger partial charge in [0.25, 0.3) is 5.91 Å². The molecule has 134 valence electrons. The Bertz CT molecular complexity index is 873. The van der Waals surface area contributed by atoms with Crippen LogP contribution in [0.5, 0.6) is 0 Å². The van der Waals surface area contributed by atoms with Gasteiger partial charge in [-0.15, -0.1) is 0 Å². The number of aryl methyl sites for hydroxylation is 2. The molecule has 6 nitrogen and oxygen atoms in total. The van der Waals surface area contributed by atoms with Crippen LogP contribution in [0.25, 0.3) is 0 Å². The molecule has 3 rings (SSSR count). The zero-order valence-corrected chi connectivity index (χ0v) is 16.1. The normalized spacial score (nSPS) is 16.3. The average Bonchev–Trinajstić information content (AvgIpc) is 3.04. The molecule has 1 aliphatic heterocycles. The van der Waals surface area contributed by atoms with E-state index in [0.717, 1.165) is 27.0 Å². The number of amides is 2. The highest BCUT2D eigenvalue weighted by molar-refractivity contribution is 9.10. The monoisotopic (exact) mass is 414 g/mol. The van der Waals surface area contributed by atoms with E-state index in [1.807, 2.05) is 56.3 Å². The highest BCUT2D eigenvalue weighted by atomic mass is 79.9. The largest absolute Gasteiger partial charge is 0.368 e. The number of hydrogen-bond acceptors (Lipinski definition) is 4. The van der Waals surface area contributed by atoms with Gasteiger partial charge in [0.05, 0.1) is 5.69 Å². The van der Waals surface area contributed by atoms with Crippen LogP contribution >= 0.6 is 15.9 Å². The lowest BCUT2D eigenvalue weighted by atomic mass is 10.1. The van der Waals surface area contributed by atoms with Crippen LogP contribution in [0.1, 0.15) is 17.5 Å². The SMILES string of the molecule is Cc1cc(Br)cc(C)c1NC(=O)C1=NN(c2ccccc2)C(C(N)=O)C1. The Morgan fingerprint density at radius 3 is 2.38 bits per heavy atom. The van der Waals surface area contributed by atoms with Gasteiger partial charge in [-0.25, -0.2) is 0 Å². The van der Waals surface area contributed by atoms with Crippen molar-refractivity contribution in [1.29, 1.82) is 0 Å². The molecule has 1 atom stereocenters. The molecule has 0 fully saturated rings. The van der Waals surface area contributed by atoms with Gasteiger partial charge < -0.3 is 11.1 Å². The molecule has 0 spiro atoms. The molecule has 0 radical (unpaired) electrons. The molecule has 26 heavy (non-hydrogen) atoms. The summed E-state index contributed by atoms with van der Waals surface area (Å²) in [4.78, 5) is 24.5. The molecule has 0 saturated carbocycles. The zero-order chi connectivity index (χ0) is 18.8. The fourth-order valence-corrected chi connectivity index (χ4v) is 3.67. The van der Waals surface area contributed by atoms with Crippen LogP contribution in [-0.4, -0.2) is 23.6 Å². The number of carbonyl (C=O) groups excluding carboxylic acids is 2. The first-order chi connectivity index (χ1) is 12.4. The van der Waals surface area contributed by atoms with Gasteiger partial charge in [-0.05, 0) is 49.2 Å². The second kappa shape index (κ2) is 7.29. The number of para-hydroxylation sites is 1. The Hall–Kier alpha value is -2.67. The lowest BCUT2D eigenvalue weighted by Crippen LogP contribution is -2.39. The van der Waals surface area contributed by atoms with Crippen molar-refractivity contribution >= 4 is 44.8 Å². The highest BCUT2D eigenvalue weighted by Gasteiger charge is 2.35. The maximum absolute atomic E-state index is 12.7.